The number of hydrogen-bond acceptors (Lipinski definition) is 2. The monoisotopic (exact) mass is 638 g/mol. The number of likely N-dealkylation sites (tertiary alicyclic amines) is 1. The lowest BCUT2D eigenvalue weighted by atomic mass is 9.66. The molecule has 3 fully saturated rings. The lowest BCUT2D eigenvalue weighted by Crippen LogP contribution is -2.48. The summed E-state index contributed by atoms with van der Waals surface area (Å²) < 4.78 is 0. The summed E-state index contributed by atoms with van der Waals surface area (Å²) in [5.74, 6) is 3.81. The van der Waals surface area contributed by atoms with E-state index in [4.69, 9.17) is 0 Å². The molecule has 10 aliphatic rings. The molecule has 0 radical (unpaired) electrons. The fourth-order valence-corrected chi connectivity index (χ4v) is 13.1. The van der Waals surface area contributed by atoms with Gasteiger partial charge < -0.3 is 4.90 Å². The van der Waals surface area contributed by atoms with Crippen molar-refractivity contribution in [2.24, 2.45) is 29.6 Å². The molecule has 2 saturated carbocycles. The maximum Gasteiger partial charge on any atom is 0.0585 e. The van der Waals surface area contributed by atoms with Gasteiger partial charge in [0.1, 0.15) is 0 Å². The van der Waals surface area contributed by atoms with Gasteiger partial charge in [0.15, 0.2) is 0 Å². The molecule has 8 aliphatic carbocycles. The van der Waals surface area contributed by atoms with Gasteiger partial charge in [-0.05, 0) is 142 Å². The van der Waals surface area contributed by atoms with E-state index in [1.54, 1.807) is 39.3 Å². The second-order valence-corrected chi connectivity index (χ2v) is 17.2. The van der Waals surface area contributed by atoms with E-state index in [0.29, 0.717) is 29.8 Å². The largest absolute Gasteiger partial charge is 0.338 e. The van der Waals surface area contributed by atoms with E-state index >= 15 is 0 Å². The van der Waals surface area contributed by atoms with Crippen molar-refractivity contribution < 1.29 is 0 Å². The maximum atomic E-state index is 3.21. The Hall–Kier alpha value is -2.58. The summed E-state index contributed by atoms with van der Waals surface area (Å²) in [5, 5.41) is 0. The number of allylic oxidation sites excluding steroid dienone is 13. The van der Waals surface area contributed by atoms with Crippen molar-refractivity contribution in [3.8, 4) is 0 Å². The van der Waals surface area contributed by atoms with Gasteiger partial charge in [0, 0.05) is 47.8 Å². The average molecular weight is 639 g/mol. The Balaban J connectivity index is 1.07. The Morgan fingerprint density at radius 3 is 2.25 bits per heavy atom. The molecule has 10 rings (SSSR count). The summed E-state index contributed by atoms with van der Waals surface area (Å²) in [6.45, 7) is 0. The fraction of sp³-hybridized carbons (Fsp3) is 0.609. The third-order valence-corrected chi connectivity index (χ3v) is 15.0. The van der Waals surface area contributed by atoms with Gasteiger partial charge in [0.2, 0.25) is 0 Å². The summed E-state index contributed by atoms with van der Waals surface area (Å²) in [5.41, 5.74) is 11.9. The Morgan fingerprint density at radius 1 is 0.646 bits per heavy atom. The first kappa shape index (κ1) is 30.3. The summed E-state index contributed by atoms with van der Waals surface area (Å²) in [4.78, 5) is 6.11. The fourth-order valence-electron chi connectivity index (χ4n) is 13.1. The molecule has 1 saturated heterocycles. The summed E-state index contributed by atoms with van der Waals surface area (Å²) >= 11 is 0. The minimum atomic E-state index is 0.524. The van der Waals surface area contributed by atoms with Crippen LogP contribution in [0.4, 0.5) is 0 Å². The zero-order valence-electron chi connectivity index (χ0n) is 29.4. The van der Waals surface area contributed by atoms with Crippen LogP contribution in [0.2, 0.25) is 0 Å². The van der Waals surface area contributed by atoms with Gasteiger partial charge in [-0.2, -0.15) is 0 Å². The Morgan fingerprint density at radius 2 is 1.42 bits per heavy atom. The molecule has 0 amide bonds. The molecule has 9 unspecified atom stereocenters. The first-order valence-corrected chi connectivity index (χ1v) is 20.6. The van der Waals surface area contributed by atoms with Gasteiger partial charge in [0.05, 0.1) is 6.04 Å². The van der Waals surface area contributed by atoms with Crippen LogP contribution < -0.4 is 0 Å². The third-order valence-electron chi connectivity index (χ3n) is 15.0. The molecule has 0 aromatic carbocycles. The molecule has 2 heteroatoms. The standard InChI is InChI=1S/C46H58N2/c1-2-14-31(15-3-1)35-26-27-36(38-17-5-4-16-37(35)38)32-28-33(47-43-22-10-6-18-39(43)40-19-7-11-23-44(40)47)30-34(29-32)48-45-24-12-8-20-41(45)42-21-9-13-25-46(42)48/h1-2,5,10-11,14,17,22-23,28-29,34,36,38-39,41-43,45-46H,3-4,6-9,12-13,15-16,18-21,24-27,30H2. The van der Waals surface area contributed by atoms with Crippen LogP contribution in [0.15, 0.2) is 106 Å². The van der Waals surface area contributed by atoms with Crippen molar-refractivity contribution >= 4 is 0 Å². The van der Waals surface area contributed by atoms with E-state index in [-0.39, 0.29) is 0 Å². The molecule has 0 spiro atoms. The quantitative estimate of drug-likeness (QED) is 0.283. The van der Waals surface area contributed by atoms with Crippen LogP contribution in [0, 0.1) is 29.6 Å². The van der Waals surface area contributed by atoms with Crippen LogP contribution in [0.25, 0.3) is 0 Å². The first-order chi connectivity index (χ1) is 23.8. The van der Waals surface area contributed by atoms with Gasteiger partial charge >= 0.3 is 0 Å². The molecule has 2 aliphatic heterocycles. The van der Waals surface area contributed by atoms with Gasteiger partial charge in [0.25, 0.3) is 0 Å². The number of rotatable bonds is 4. The molecule has 9 atom stereocenters. The lowest BCUT2D eigenvalue weighted by Gasteiger charge is -2.45. The molecular formula is C46H58N2. The second kappa shape index (κ2) is 12.6. The topological polar surface area (TPSA) is 6.48 Å². The normalized spacial score (nSPS) is 40.5. The van der Waals surface area contributed by atoms with E-state index in [1.165, 1.54) is 122 Å². The van der Waals surface area contributed by atoms with Crippen molar-refractivity contribution in [1.82, 2.24) is 9.80 Å². The van der Waals surface area contributed by atoms with Crippen LogP contribution in [0.1, 0.15) is 122 Å². The predicted molar refractivity (Wildman–Crippen MR) is 199 cm³/mol. The highest BCUT2D eigenvalue weighted by Crippen LogP contribution is 2.54. The minimum Gasteiger partial charge on any atom is -0.338 e. The van der Waals surface area contributed by atoms with E-state index in [0.717, 1.165) is 23.9 Å². The molecule has 2 heterocycles. The van der Waals surface area contributed by atoms with Crippen molar-refractivity contribution in [2.45, 2.75) is 146 Å². The van der Waals surface area contributed by atoms with E-state index in [1.807, 2.05) is 0 Å². The van der Waals surface area contributed by atoms with Crippen molar-refractivity contribution in [3.63, 3.8) is 0 Å². The molecule has 2 nitrogen and oxygen atoms in total. The Bertz CT molecular complexity index is 1560. The van der Waals surface area contributed by atoms with Gasteiger partial charge in [-0.15, -0.1) is 0 Å². The predicted octanol–water partition coefficient (Wildman–Crippen LogP) is 11.2. The highest BCUT2D eigenvalue weighted by molar-refractivity contribution is 5.49. The van der Waals surface area contributed by atoms with Crippen molar-refractivity contribution in [2.75, 3.05) is 0 Å². The second-order valence-electron chi connectivity index (χ2n) is 17.2. The molecule has 48 heavy (non-hydrogen) atoms. The van der Waals surface area contributed by atoms with E-state index in [2.05, 4.69) is 76.6 Å². The van der Waals surface area contributed by atoms with Crippen molar-refractivity contribution in [1.29, 1.82) is 0 Å². The number of fused-ring (bicyclic) bond motifs is 6. The summed E-state index contributed by atoms with van der Waals surface area (Å²) in [6, 6.07) is 2.70. The molecular weight excluding hydrogens is 581 g/mol. The van der Waals surface area contributed by atoms with Crippen LogP contribution in [-0.4, -0.2) is 34.0 Å². The molecule has 0 bridgehead atoms. The molecule has 0 N–H and O–H groups in total. The zero-order chi connectivity index (χ0) is 31.6. The lowest BCUT2D eigenvalue weighted by molar-refractivity contribution is 0.102. The average Bonchev–Trinajstić information content (AvgIpc) is 3.68. The Kier molecular flexibility index (Phi) is 7.96. The van der Waals surface area contributed by atoms with E-state index in [9.17, 15) is 0 Å². The van der Waals surface area contributed by atoms with E-state index < -0.39 is 0 Å². The Labute approximate surface area is 290 Å². The third kappa shape index (κ3) is 4.97. The number of hydrogen-bond donors (Lipinski definition) is 0. The van der Waals surface area contributed by atoms with Crippen LogP contribution in [0.5, 0.6) is 0 Å². The van der Waals surface area contributed by atoms with Gasteiger partial charge in [-0.3, -0.25) is 4.90 Å². The zero-order valence-corrected chi connectivity index (χ0v) is 29.4. The van der Waals surface area contributed by atoms with Gasteiger partial charge in [-0.25, -0.2) is 0 Å². The SMILES string of the molecule is C1=CCCC(C2=C3CCC=CC3C(C3=CC(N4C5CCCCC5C5CCCCC54)CC(N4C5=C(CCC=C5)C5CCC=CC54)=C3)CC2)=C1. The summed E-state index contributed by atoms with van der Waals surface area (Å²) in [7, 11) is 0. The van der Waals surface area contributed by atoms with Crippen LogP contribution in [-0.2, 0) is 0 Å². The van der Waals surface area contributed by atoms with Crippen molar-refractivity contribution in [3.05, 3.63) is 106 Å². The maximum absolute atomic E-state index is 3.21. The van der Waals surface area contributed by atoms with Crippen LogP contribution >= 0.6 is 0 Å². The molecule has 252 valence electrons. The first-order valence-electron chi connectivity index (χ1n) is 20.6. The molecule has 0 aromatic heterocycles. The highest BCUT2D eigenvalue weighted by Gasteiger charge is 2.52. The minimum absolute atomic E-state index is 0.524. The highest BCUT2D eigenvalue weighted by atomic mass is 15.3. The van der Waals surface area contributed by atoms with Gasteiger partial charge in [-0.1, -0.05) is 85.9 Å². The van der Waals surface area contributed by atoms with Crippen LogP contribution in [0.3, 0.4) is 0 Å². The number of nitrogens with zero attached hydrogens (tertiary/aromatic N) is 2. The smallest absolute Gasteiger partial charge is 0.0585 e. The summed E-state index contributed by atoms with van der Waals surface area (Å²) in [6.07, 6.45) is 53.6. The molecule has 0 aromatic rings.